The third kappa shape index (κ3) is 7.69. The van der Waals surface area contributed by atoms with Crippen molar-refractivity contribution in [3.8, 4) is 22.8 Å². The van der Waals surface area contributed by atoms with Crippen molar-refractivity contribution in [1.29, 1.82) is 0 Å². The summed E-state index contributed by atoms with van der Waals surface area (Å²) in [5.74, 6) is 1.04. The molecule has 0 aliphatic carbocycles. The number of halogens is 3. The van der Waals surface area contributed by atoms with Gasteiger partial charge in [0.2, 0.25) is 0 Å². The number of aryl methyl sites for hydroxylation is 2. The van der Waals surface area contributed by atoms with Crippen LogP contribution in [0.5, 0.6) is 5.75 Å². The van der Waals surface area contributed by atoms with E-state index in [-0.39, 0.29) is 5.75 Å². The Hall–Kier alpha value is -4.45. The number of anilines is 1. The number of amides is 2. The number of urea groups is 1. The highest BCUT2D eigenvalue weighted by molar-refractivity contribution is 8.14. The molecule has 2 amide bonds. The fourth-order valence-electron chi connectivity index (χ4n) is 4.79. The first kappa shape index (κ1) is 30.0. The minimum atomic E-state index is -4.75. The van der Waals surface area contributed by atoms with Crippen molar-refractivity contribution in [2.24, 2.45) is 9.98 Å². The number of benzene rings is 3. The van der Waals surface area contributed by atoms with E-state index in [0.717, 1.165) is 46.7 Å². The van der Waals surface area contributed by atoms with Crippen LogP contribution < -0.4 is 9.64 Å². The first-order valence-corrected chi connectivity index (χ1v) is 14.5. The summed E-state index contributed by atoms with van der Waals surface area (Å²) in [7, 11) is 0. The van der Waals surface area contributed by atoms with Crippen LogP contribution in [0.3, 0.4) is 0 Å². The maximum Gasteiger partial charge on any atom is 0.573 e. The summed E-state index contributed by atoms with van der Waals surface area (Å²) >= 11 is 1.57. The van der Waals surface area contributed by atoms with Crippen molar-refractivity contribution in [2.45, 2.75) is 40.0 Å². The predicted molar refractivity (Wildman–Crippen MR) is 163 cm³/mol. The third-order valence-corrected chi connectivity index (χ3v) is 7.74. The van der Waals surface area contributed by atoms with Crippen LogP contribution >= 0.6 is 11.8 Å². The summed E-state index contributed by atoms with van der Waals surface area (Å²) < 4.78 is 42.6. The van der Waals surface area contributed by atoms with E-state index in [0.29, 0.717) is 28.8 Å². The Balaban J connectivity index is 1.23. The number of ether oxygens (including phenoxy) is 1. The van der Waals surface area contributed by atoms with Gasteiger partial charge in [0.25, 0.3) is 0 Å². The summed E-state index contributed by atoms with van der Waals surface area (Å²) in [6.07, 6.45) is -1.79. The van der Waals surface area contributed by atoms with E-state index in [4.69, 9.17) is 0 Å². The summed E-state index contributed by atoms with van der Waals surface area (Å²) in [5.41, 5.74) is 6.26. The number of hydrogen-bond acceptors (Lipinski definition) is 5. The van der Waals surface area contributed by atoms with Crippen LogP contribution in [0.15, 0.2) is 83.0 Å². The van der Waals surface area contributed by atoms with Gasteiger partial charge in [0.1, 0.15) is 12.1 Å². The molecule has 12 heteroatoms. The smallest absolute Gasteiger partial charge is 0.406 e. The monoisotopic (exact) mass is 606 g/mol. The first-order valence-electron chi connectivity index (χ1n) is 13.6. The molecule has 1 saturated heterocycles. The fraction of sp³-hybridized carbons (Fsp3) is 0.258. The molecule has 43 heavy (non-hydrogen) atoms. The van der Waals surface area contributed by atoms with Crippen molar-refractivity contribution in [3.63, 3.8) is 0 Å². The molecule has 3 aromatic carbocycles. The first-order chi connectivity index (χ1) is 20.6. The van der Waals surface area contributed by atoms with Gasteiger partial charge in [0.05, 0.1) is 5.69 Å². The summed E-state index contributed by atoms with van der Waals surface area (Å²) in [4.78, 5) is 27.8. The molecule has 0 radical (unpaired) electrons. The maximum absolute atomic E-state index is 12.8. The fourth-order valence-corrected chi connectivity index (χ4v) is 5.73. The Kier molecular flexibility index (Phi) is 8.95. The number of alkyl halides is 3. The maximum atomic E-state index is 12.8. The van der Waals surface area contributed by atoms with Gasteiger partial charge < -0.3 is 9.64 Å². The van der Waals surface area contributed by atoms with Gasteiger partial charge >= 0.3 is 12.4 Å². The topological polar surface area (TPSA) is 85.0 Å². The van der Waals surface area contributed by atoms with Crippen LogP contribution in [0, 0.1) is 13.8 Å². The van der Waals surface area contributed by atoms with E-state index in [2.05, 4.69) is 55.7 Å². The standard InChI is InChI=1S/C31H29F3N6O2S/c1-20-6-4-7-21(2)27(20)39-16-5-17-43-30(39)37-29(41)36-22(3)18-23-8-10-24(11-9-23)28-35-19-40(38-28)25-12-14-26(15-13-25)42-31(32,33)34/h4,6-15,19H,5,16-18H2,1-3H3. The molecule has 0 unspecified atom stereocenters. The predicted octanol–water partition coefficient (Wildman–Crippen LogP) is 7.57. The molecule has 2 heterocycles. The van der Waals surface area contributed by atoms with Crippen molar-refractivity contribution in [1.82, 2.24) is 14.8 Å². The number of carbonyl (C=O) groups is 1. The molecule has 4 aromatic rings. The van der Waals surface area contributed by atoms with E-state index in [9.17, 15) is 18.0 Å². The summed E-state index contributed by atoms with van der Waals surface area (Å²) in [5, 5.41) is 5.11. The van der Waals surface area contributed by atoms with Gasteiger partial charge in [0, 0.05) is 35.7 Å². The average Bonchev–Trinajstić information content (AvgIpc) is 3.44. The number of hydrogen-bond donors (Lipinski definition) is 0. The lowest BCUT2D eigenvalue weighted by Gasteiger charge is -2.31. The lowest BCUT2D eigenvalue weighted by atomic mass is 10.1. The van der Waals surface area contributed by atoms with Crippen LogP contribution in [-0.2, 0) is 6.42 Å². The average molecular weight is 607 g/mol. The molecule has 1 aromatic heterocycles. The van der Waals surface area contributed by atoms with Crippen molar-refractivity contribution < 1.29 is 22.7 Å². The third-order valence-electron chi connectivity index (χ3n) is 6.67. The molecule has 5 rings (SSSR count). The van der Waals surface area contributed by atoms with Crippen LogP contribution in [0.25, 0.3) is 17.1 Å². The van der Waals surface area contributed by atoms with Gasteiger partial charge in [-0.1, -0.05) is 54.2 Å². The number of rotatable bonds is 6. The summed E-state index contributed by atoms with van der Waals surface area (Å²) in [6, 6.07) is 18.5. The largest absolute Gasteiger partial charge is 0.573 e. The number of carbonyl (C=O) groups excluding carboxylic acids is 1. The minimum absolute atomic E-state index is 0.313. The van der Waals surface area contributed by atoms with Crippen molar-refractivity contribution in [2.75, 3.05) is 17.2 Å². The SMILES string of the molecule is CC(Cc1ccc(-c2ncn(-c3ccc(OC(F)(F)F)cc3)n2)cc1)=NC(=O)N=C1SCCCN1c1c(C)cccc1C. The van der Waals surface area contributed by atoms with Gasteiger partial charge in [-0.05, 0) is 68.1 Å². The molecular weight excluding hydrogens is 577 g/mol. The second-order valence-corrected chi connectivity index (χ2v) is 11.1. The molecule has 222 valence electrons. The molecule has 0 bridgehead atoms. The van der Waals surface area contributed by atoms with E-state index in [1.165, 1.54) is 35.3 Å². The molecule has 1 fully saturated rings. The molecule has 0 spiro atoms. The van der Waals surface area contributed by atoms with Gasteiger partial charge in [0.15, 0.2) is 11.0 Å². The number of nitrogens with zero attached hydrogens (tertiary/aromatic N) is 6. The number of para-hydroxylation sites is 1. The lowest BCUT2D eigenvalue weighted by Crippen LogP contribution is -2.35. The number of aromatic nitrogens is 3. The highest BCUT2D eigenvalue weighted by atomic mass is 32.2. The normalized spacial score (nSPS) is 15.2. The van der Waals surface area contributed by atoms with Gasteiger partial charge in [-0.3, -0.25) is 0 Å². The quantitative estimate of drug-likeness (QED) is 0.211. The Bertz CT molecular complexity index is 1640. The van der Waals surface area contributed by atoms with Gasteiger partial charge in [-0.25, -0.2) is 19.5 Å². The van der Waals surface area contributed by atoms with E-state index in [1.54, 1.807) is 18.7 Å². The van der Waals surface area contributed by atoms with E-state index in [1.807, 2.05) is 30.3 Å². The molecule has 1 aliphatic heterocycles. The molecular formula is C31H29F3N6O2S. The van der Waals surface area contributed by atoms with Gasteiger partial charge in [-0.2, -0.15) is 4.99 Å². The van der Waals surface area contributed by atoms with Crippen molar-refractivity contribution in [3.05, 3.63) is 89.7 Å². The Morgan fingerprint density at radius 2 is 1.72 bits per heavy atom. The van der Waals surface area contributed by atoms with E-state index < -0.39 is 12.4 Å². The van der Waals surface area contributed by atoms with Crippen LogP contribution in [-0.4, -0.2) is 50.3 Å². The number of aliphatic imine (C=N–C) groups is 2. The Morgan fingerprint density at radius 3 is 2.40 bits per heavy atom. The number of amidine groups is 1. The second-order valence-electron chi connectivity index (χ2n) is 10.0. The molecule has 8 nitrogen and oxygen atoms in total. The zero-order valence-corrected chi connectivity index (χ0v) is 24.6. The zero-order chi connectivity index (χ0) is 30.6. The number of thioether (sulfide) groups is 1. The lowest BCUT2D eigenvalue weighted by molar-refractivity contribution is -0.274. The van der Waals surface area contributed by atoms with E-state index >= 15 is 0 Å². The van der Waals surface area contributed by atoms with Crippen molar-refractivity contribution >= 4 is 34.4 Å². The van der Waals surface area contributed by atoms with Crippen LogP contribution in [0.1, 0.15) is 30.0 Å². The molecule has 0 atom stereocenters. The van der Waals surface area contributed by atoms with Crippen LogP contribution in [0.4, 0.5) is 23.7 Å². The molecule has 1 aliphatic rings. The highest BCUT2D eigenvalue weighted by Crippen LogP contribution is 2.31. The Morgan fingerprint density at radius 1 is 1.02 bits per heavy atom. The molecule has 0 saturated carbocycles. The minimum Gasteiger partial charge on any atom is -0.406 e. The highest BCUT2D eigenvalue weighted by Gasteiger charge is 2.31. The second kappa shape index (κ2) is 12.8. The zero-order valence-electron chi connectivity index (χ0n) is 23.8. The van der Waals surface area contributed by atoms with Gasteiger partial charge in [-0.15, -0.1) is 18.3 Å². The van der Waals surface area contributed by atoms with Crippen LogP contribution in [0.2, 0.25) is 0 Å². The molecule has 0 N–H and O–H groups in total. The Labute approximate surface area is 251 Å². The summed E-state index contributed by atoms with van der Waals surface area (Å²) in [6.45, 7) is 6.73.